The van der Waals surface area contributed by atoms with Crippen molar-refractivity contribution in [3.63, 3.8) is 0 Å². The van der Waals surface area contributed by atoms with Crippen LogP contribution in [0, 0.1) is 0 Å². The van der Waals surface area contributed by atoms with Gasteiger partial charge in [-0.25, -0.2) is 0 Å². The Morgan fingerprint density at radius 2 is 1.80 bits per heavy atom. The molecule has 152 valence electrons. The van der Waals surface area contributed by atoms with Gasteiger partial charge in [-0.15, -0.1) is 0 Å². The first-order valence-electron chi connectivity index (χ1n) is 10.3. The second kappa shape index (κ2) is 7.41. The van der Waals surface area contributed by atoms with Crippen molar-refractivity contribution in [2.75, 3.05) is 17.0 Å². The molecule has 5 rings (SSSR count). The van der Waals surface area contributed by atoms with Crippen LogP contribution in [-0.4, -0.2) is 12.7 Å². The summed E-state index contributed by atoms with van der Waals surface area (Å²) in [5, 5.41) is 3.54. The quantitative estimate of drug-likeness (QED) is 0.610. The van der Waals surface area contributed by atoms with Crippen molar-refractivity contribution in [1.29, 1.82) is 0 Å². The number of para-hydroxylation sites is 1. The molecular formula is C25H24N2O3. The van der Waals surface area contributed by atoms with Crippen molar-refractivity contribution in [3.8, 4) is 11.5 Å². The summed E-state index contributed by atoms with van der Waals surface area (Å²) < 4.78 is 11.0. The summed E-state index contributed by atoms with van der Waals surface area (Å²) in [6.07, 6.45) is 0.729. The third-order valence-electron chi connectivity index (χ3n) is 5.99. The second-order valence-corrected chi connectivity index (χ2v) is 7.78. The fourth-order valence-corrected chi connectivity index (χ4v) is 4.04. The molecule has 3 aromatic carbocycles. The van der Waals surface area contributed by atoms with Crippen LogP contribution in [0.4, 0.5) is 11.4 Å². The number of ether oxygens (including phenoxy) is 2. The van der Waals surface area contributed by atoms with Gasteiger partial charge in [0.25, 0.3) is 5.91 Å². The number of hydrogen-bond acceptors (Lipinski definition) is 4. The van der Waals surface area contributed by atoms with Crippen molar-refractivity contribution in [1.82, 2.24) is 0 Å². The lowest BCUT2D eigenvalue weighted by molar-refractivity contribution is 0.0975. The van der Waals surface area contributed by atoms with Crippen LogP contribution in [0.25, 0.3) is 0 Å². The van der Waals surface area contributed by atoms with E-state index in [1.54, 1.807) is 0 Å². The number of amides is 1. The lowest BCUT2D eigenvalue weighted by Crippen LogP contribution is -2.43. The van der Waals surface area contributed by atoms with Crippen LogP contribution in [-0.2, 0) is 0 Å². The van der Waals surface area contributed by atoms with Crippen molar-refractivity contribution in [2.24, 2.45) is 0 Å². The van der Waals surface area contributed by atoms with Crippen LogP contribution in [0.1, 0.15) is 53.8 Å². The number of rotatable bonds is 4. The average molecular weight is 400 g/mol. The summed E-state index contributed by atoms with van der Waals surface area (Å²) in [7, 11) is 0. The van der Waals surface area contributed by atoms with Gasteiger partial charge in [-0.1, -0.05) is 44.2 Å². The highest BCUT2D eigenvalue weighted by Crippen LogP contribution is 2.40. The SMILES string of the molecule is CC[C@@H](C)c1ccc(N2C(=O)c3ccccc3N[C@H]2c2ccc3c(c2)OCO3)cc1. The van der Waals surface area contributed by atoms with Crippen LogP contribution in [0.5, 0.6) is 11.5 Å². The predicted octanol–water partition coefficient (Wildman–Crippen LogP) is 5.70. The van der Waals surface area contributed by atoms with E-state index in [1.165, 1.54) is 5.56 Å². The number of nitrogens with zero attached hydrogens (tertiary/aromatic N) is 1. The van der Waals surface area contributed by atoms with Gasteiger partial charge in [0, 0.05) is 11.4 Å². The molecule has 2 heterocycles. The monoisotopic (exact) mass is 400 g/mol. The van der Waals surface area contributed by atoms with Crippen LogP contribution >= 0.6 is 0 Å². The number of fused-ring (bicyclic) bond motifs is 2. The molecule has 0 radical (unpaired) electrons. The minimum atomic E-state index is -0.351. The van der Waals surface area contributed by atoms with E-state index in [1.807, 2.05) is 59.5 Å². The highest BCUT2D eigenvalue weighted by atomic mass is 16.7. The van der Waals surface area contributed by atoms with Crippen LogP contribution in [0.3, 0.4) is 0 Å². The Kier molecular flexibility index (Phi) is 4.58. The molecule has 5 heteroatoms. The topological polar surface area (TPSA) is 50.8 Å². The van der Waals surface area contributed by atoms with E-state index in [0.29, 0.717) is 17.2 Å². The predicted molar refractivity (Wildman–Crippen MR) is 117 cm³/mol. The average Bonchev–Trinajstić information content (AvgIpc) is 3.26. The number of carbonyl (C=O) groups excluding carboxylic acids is 1. The third-order valence-corrected chi connectivity index (χ3v) is 5.99. The Morgan fingerprint density at radius 1 is 1.03 bits per heavy atom. The van der Waals surface area contributed by atoms with Crippen molar-refractivity contribution >= 4 is 17.3 Å². The second-order valence-electron chi connectivity index (χ2n) is 7.78. The Hall–Kier alpha value is -3.47. The fraction of sp³-hybridized carbons (Fsp3) is 0.240. The lowest BCUT2D eigenvalue weighted by Gasteiger charge is -2.38. The Labute approximate surface area is 176 Å². The Balaban J connectivity index is 1.59. The van der Waals surface area contributed by atoms with E-state index >= 15 is 0 Å². The van der Waals surface area contributed by atoms with Gasteiger partial charge in [-0.2, -0.15) is 0 Å². The molecule has 0 aliphatic carbocycles. The number of nitrogens with one attached hydrogen (secondary N) is 1. The Morgan fingerprint density at radius 3 is 2.60 bits per heavy atom. The van der Waals surface area contributed by atoms with Crippen molar-refractivity contribution < 1.29 is 14.3 Å². The largest absolute Gasteiger partial charge is 0.454 e. The van der Waals surface area contributed by atoms with E-state index in [2.05, 4.69) is 31.3 Å². The molecule has 2 aliphatic rings. The molecule has 0 saturated carbocycles. The van der Waals surface area contributed by atoms with Crippen molar-refractivity contribution in [3.05, 3.63) is 83.4 Å². The molecule has 5 nitrogen and oxygen atoms in total. The fourth-order valence-electron chi connectivity index (χ4n) is 4.04. The van der Waals surface area contributed by atoms with Gasteiger partial charge < -0.3 is 14.8 Å². The molecule has 3 aromatic rings. The van der Waals surface area contributed by atoms with E-state index < -0.39 is 0 Å². The lowest BCUT2D eigenvalue weighted by atomic mass is 9.97. The Bertz CT molecular complexity index is 1090. The molecule has 1 N–H and O–H groups in total. The van der Waals surface area contributed by atoms with E-state index in [-0.39, 0.29) is 18.9 Å². The minimum Gasteiger partial charge on any atom is -0.454 e. The highest BCUT2D eigenvalue weighted by Gasteiger charge is 2.34. The first-order valence-corrected chi connectivity index (χ1v) is 10.3. The summed E-state index contributed by atoms with van der Waals surface area (Å²) in [6.45, 7) is 4.62. The van der Waals surface area contributed by atoms with Gasteiger partial charge in [0.15, 0.2) is 11.5 Å². The summed E-state index contributed by atoms with van der Waals surface area (Å²) in [5.74, 6) is 1.89. The first-order chi connectivity index (χ1) is 14.7. The van der Waals surface area contributed by atoms with Gasteiger partial charge in [-0.05, 0) is 59.9 Å². The van der Waals surface area contributed by atoms with Gasteiger partial charge in [0.05, 0.1) is 5.56 Å². The van der Waals surface area contributed by atoms with Crippen LogP contribution in [0.2, 0.25) is 0 Å². The maximum Gasteiger partial charge on any atom is 0.262 e. The molecule has 2 aliphatic heterocycles. The summed E-state index contributed by atoms with van der Waals surface area (Å²) in [5.41, 5.74) is 4.57. The summed E-state index contributed by atoms with van der Waals surface area (Å²) in [6, 6.07) is 21.8. The normalized spacial score (nSPS) is 18.0. The number of carbonyl (C=O) groups is 1. The molecular weight excluding hydrogens is 376 g/mol. The maximum atomic E-state index is 13.5. The highest BCUT2D eigenvalue weighted by molar-refractivity contribution is 6.12. The standard InChI is InChI=1S/C25H24N2O3/c1-3-16(2)17-8-11-19(12-9-17)27-24(18-10-13-22-23(14-18)30-15-29-22)26-21-7-5-4-6-20(21)25(27)28/h4-14,16,24,26H,3,15H2,1-2H3/t16-,24-/m1/s1. The number of anilines is 2. The molecule has 0 unspecified atom stereocenters. The molecule has 2 atom stereocenters. The zero-order valence-corrected chi connectivity index (χ0v) is 17.1. The van der Waals surface area contributed by atoms with Crippen molar-refractivity contribution in [2.45, 2.75) is 32.4 Å². The zero-order chi connectivity index (χ0) is 20.7. The maximum absolute atomic E-state index is 13.5. The van der Waals surface area contributed by atoms with Gasteiger partial charge >= 0.3 is 0 Å². The molecule has 30 heavy (non-hydrogen) atoms. The van der Waals surface area contributed by atoms with Gasteiger partial charge in [0.1, 0.15) is 6.17 Å². The smallest absolute Gasteiger partial charge is 0.262 e. The van der Waals surface area contributed by atoms with Gasteiger partial charge in [0.2, 0.25) is 6.79 Å². The van der Waals surface area contributed by atoms with E-state index in [4.69, 9.17) is 9.47 Å². The minimum absolute atomic E-state index is 0.0247. The number of benzene rings is 3. The van der Waals surface area contributed by atoms with Crippen LogP contribution < -0.4 is 19.7 Å². The molecule has 0 spiro atoms. The van der Waals surface area contributed by atoms with E-state index in [0.717, 1.165) is 29.1 Å². The summed E-state index contributed by atoms with van der Waals surface area (Å²) >= 11 is 0. The van der Waals surface area contributed by atoms with Crippen LogP contribution in [0.15, 0.2) is 66.7 Å². The van der Waals surface area contributed by atoms with E-state index in [9.17, 15) is 4.79 Å². The molecule has 0 fully saturated rings. The zero-order valence-electron chi connectivity index (χ0n) is 17.1. The molecule has 0 aromatic heterocycles. The first kappa shape index (κ1) is 18.6. The molecule has 0 saturated heterocycles. The molecule has 1 amide bonds. The summed E-state index contributed by atoms with van der Waals surface area (Å²) in [4.78, 5) is 15.4. The third kappa shape index (κ3) is 3.07. The van der Waals surface area contributed by atoms with Gasteiger partial charge in [-0.3, -0.25) is 9.69 Å². The molecule has 0 bridgehead atoms. The number of hydrogen-bond donors (Lipinski definition) is 1.